The molecule has 5 nitrogen and oxygen atoms in total. The summed E-state index contributed by atoms with van der Waals surface area (Å²) in [6.07, 6.45) is 2.19. The number of hydrogen-bond donors (Lipinski definition) is 1. The summed E-state index contributed by atoms with van der Waals surface area (Å²) in [7, 11) is 0. The summed E-state index contributed by atoms with van der Waals surface area (Å²) >= 11 is 0. The Labute approximate surface area is 111 Å². The van der Waals surface area contributed by atoms with Crippen molar-refractivity contribution in [3.05, 3.63) is 23.8 Å². The molecule has 1 aliphatic rings. The highest BCUT2D eigenvalue weighted by atomic mass is 16.4. The van der Waals surface area contributed by atoms with Gasteiger partial charge in [-0.3, -0.25) is 0 Å². The number of nitrogens with zero attached hydrogens (tertiary/aromatic N) is 3. The van der Waals surface area contributed by atoms with Crippen molar-refractivity contribution < 1.29 is 9.90 Å². The molecular weight excluding hydrogens is 242 g/mol. The zero-order valence-electron chi connectivity index (χ0n) is 11.1. The molecule has 0 amide bonds. The van der Waals surface area contributed by atoms with Crippen molar-refractivity contribution in [2.75, 3.05) is 0 Å². The summed E-state index contributed by atoms with van der Waals surface area (Å²) in [5, 5.41) is 17.6. The number of carbonyl (C=O) groups is 1. The average molecular weight is 259 g/mol. The maximum absolute atomic E-state index is 11.4. The molecule has 1 N–H and O–H groups in total. The van der Waals surface area contributed by atoms with Crippen LogP contribution < -0.4 is 0 Å². The van der Waals surface area contributed by atoms with Gasteiger partial charge in [-0.05, 0) is 36.8 Å². The minimum atomic E-state index is -0.923. The number of rotatable bonds is 2. The van der Waals surface area contributed by atoms with Crippen LogP contribution in [-0.4, -0.2) is 26.1 Å². The summed E-state index contributed by atoms with van der Waals surface area (Å²) in [6.45, 7) is 4.45. The van der Waals surface area contributed by atoms with Crippen LogP contribution in [0.15, 0.2) is 18.2 Å². The Bertz CT molecular complexity index is 635. The van der Waals surface area contributed by atoms with Crippen molar-refractivity contribution in [2.24, 2.45) is 11.8 Å². The molecule has 3 rings (SSSR count). The lowest BCUT2D eigenvalue weighted by Crippen LogP contribution is -2.17. The summed E-state index contributed by atoms with van der Waals surface area (Å²) < 4.78 is 1.83. The van der Waals surface area contributed by atoms with E-state index in [1.54, 1.807) is 12.1 Å². The van der Waals surface area contributed by atoms with Crippen molar-refractivity contribution in [1.29, 1.82) is 0 Å². The lowest BCUT2D eigenvalue weighted by Gasteiger charge is -2.19. The van der Waals surface area contributed by atoms with Gasteiger partial charge in [0, 0.05) is 0 Å². The summed E-state index contributed by atoms with van der Waals surface area (Å²) in [5.41, 5.74) is 1.60. The van der Waals surface area contributed by atoms with Crippen LogP contribution in [0, 0.1) is 11.8 Å². The van der Waals surface area contributed by atoms with E-state index < -0.39 is 5.97 Å². The number of aromatic nitrogens is 3. The van der Waals surface area contributed by atoms with Crippen molar-refractivity contribution in [3.8, 4) is 0 Å². The standard InChI is InChI=1S/C14H17N3O2/c1-8-6-7-12(9(8)2)17-13-10(14(18)19)4-3-5-11(13)15-16-17/h3-5,8-9,12H,6-7H2,1-2H3,(H,18,19). The topological polar surface area (TPSA) is 68.0 Å². The molecule has 3 atom stereocenters. The Kier molecular flexibility index (Phi) is 2.77. The van der Waals surface area contributed by atoms with Gasteiger partial charge in [0.2, 0.25) is 0 Å². The summed E-state index contributed by atoms with van der Waals surface area (Å²) in [4.78, 5) is 11.4. The number of benzene rings is 1. The van der Waals surface area contributed by atoms with Crippen molar-refractivity contribution in [2.45, 2.75) is 32.7 Å². The minimum Gasteiger partial charge on any atom is -0.478 e. The largest absolute Gasteiger partial charge is 0.478 e. The van der Waals surface area contributed by atoms with Crippen LogP contribution >= 0.6 is 0 Å². The third kappa shape index (κ3) is 1.80. The molecule has 0 aliphatic heterocycles. The zero-order chi connectivity index (χ0) is 13.6. The lowest BCUT2D eigenvalue weighted by atomic mass is 9.97. The molecular formula is C14H17N3O2. The van der Waals surface area contributed by atoms with Gasteiger partial charge in [-0.25, -0.2) is 9.48 Å². The van der Waals surface area contributed by atoms with Crippen LogP contribution in [0.1, 0.15) is 43.1 Å². The van der Waals surface area contributed by atoms with E-state index in [0.29, 0.717) is 22.9 Å². The minimum absolute atomic E-state index is 0.250. The van der Waals surface area contributed by atoms with Crippen LogP contribution in [0.4, 0.5) is 0 Å². The second-order valence-electron chi connectivity index (χ2n) is 5.49. The monoisotopic (exact) mass is 259 g/mol. The normalized spacial score (nSPS) is 26.9. The van der Waals surface area contributed by atoms with E-state index in [0.717, 1.165) is 12.8 Å². The number of fused-ring (bicyclic) bond motifs is 1. The van der Waals surface area contributed by atoms with Crippen LogP contribution in [0.5, 0.6) is 0 Å². The Hall–Kier alpha value is -1.91. The maximum Gasteiger partial charge on any atom is 0.337 e. The molecule has 1 aliphatic carbocycles. The fraction of sp³-hybridized carbons (Fsp3) is 0.500. The second kappa shape index (κ2) is 4.33. The van der Waals surface area contributed by atoms with E-state index in [4.69, 9.17) is 0 Å². The smallest absolute Gasteiger partial charge is 0.337 e. The summed E-state index contributed by atoms with van der Waals surface area (Å²) in [6, 6.07) is 5.40. The molecule has 1 heterocycles. The number of aromatic carboxylic acids is 1. The van der Waals surface area contributed by atoms with Gasteiger partial charge >= 0.3 is 5.97 Å². The Morgan fingerprint density at radius 3 is 2.79 bits per heavy atom. The third-order valence-electron chi connectivity index (χ3n) is 4.46. The number of carboxylic acid groups (broad SMARTS) is 1. The van der Waals surface area contributed by atoms with Gasteiger partial charge in [0.15, 0.2) is 0 Å². The van der Waals surface area contributed by atoms with Gasteiger partial charge in [-0.15, -0.1) is 5.10 Å². The first kappa shape index (κ1) is 12.1. The molecule has 1 fully saturated rings. The van der Waals surface area contributed by atoms with E-state index >= 15 is 0 Å². The number of para-hydroxylation sites is 1. The van der Waals surface area contributed by atoms with Gasteiger partial charge in [-0.1, -0.05) is 25.1 Å². The predicted molar refractivity (Wildman–Crippen MR) is 71.1 cm³/mol. The fourth-order valence-corrected chi connectivity index (χ4v) is 3.08. The predicted octanol–water partition coefficient (Wildman–Crippen LogP) is 2.74. The molecule has 1 saturated carbocycles. The summed E-state index contributed by atoms with van der Waals surface area (Å²) in [5.74, 6) is 0.209. The highest BCUT2D eigenvalue weighted by Crippen LogP contribution is 2.40. The SMILES string of the molecule is CC1CCC(n2nnc3cccc(C(=O)O)c32)C1C. The average Bonchev–Trinajstić information content (AvgIpc) is 2.94. The van der Waals surface area contributed by atoms with Crippen LogP contribution in [0.2, 0.25) is 0 Å². The zero-order valence-corrected chi connectivity index (χ0v) is 11.1. The van der Waals surface area contributed by atoms with Gasteiger partial charge in [-0.2, -0.15) is 0 Å². The van der Waals surface area contributed by atoms with Gasteiger partial charge in [0.05, 0.1) is 11.6 Å². The van der Waals surface area contributed by atoms with Gasteiger partial charge < -0.3 is 5.11 Å². The lowest BCUT2D eigenvalue weighted by molar-refractivity contribution is 0.0698. The van der Waals surface area contributed by atoms with Gasteiger partial charge in [0.25, 0.3) is 0 Å². The fourth-order valence-electron chi connectivity index (χ4n) is 3.08. The quantitative estimate of drug-likeness (QED) is 0.900. The molecule has 5 heteroatoms. The second-order valence-corrected chi connectivity index (χ2v) is 5.49. The van der Waals surface area contributed by atoms with E-state index in [9.17, 15) is 9.90 Å². The molecule has 2 aromatic rings. The van der Waals surface area contributed by atoms with Crippen LogP contribution in [0.3, 0.4) is 0 Å². The van der Waals surface area contributed by atoms with Crippen LogP contribution in [-0.2, 0) is 0 Å². The molecule has 0 radical (unpaired) electrons. The molecule has 1 aromatic heterocycles. The number of carboxylic acids is 1. The van der Waals surface area contributed by atoms with Crippen molar-refractivity contribution >= 4 is 17.0 Å². The molecule has 0 saturated heterocycles. The first-order valence-electron chi connectivity index (χ1n) is 6.67. The molecule has 19 heavy (non-hydrogen) atoms. The maximum atomic E-state index is 11.4. The van der Waals surface area contributed by atoms with E-state index in [-0.39, 0.29) is 11.6 Å². The molecule has 3 unspecified atom stereocenters. The molecule has 100 valence electrons. The highest BCUT2D eigenvalue weighted by molar-refractivity contribution is 6.00. The van der Waals surface area contributed by atoms with E-state index in [2.05, 4.69) is 24.2 Å². The van der Waals surface area contributed by atoms with Crippen LogP contribution in [0.25, 0.3) is 11.0 Å². The van der Waals surface area contributed by atoms with Crippen molar-refractivity contribution in [3.63, 3.8) is 0 Å². The highest BCUT2D eigenvalue weighted by Gasteiger charge is 2.33. The number of hydrogen-bond acceptors (Lipinski definition) is 3. The first-order chi connectivity index (χ1) is 9.09. The van der Waals surface area contributed by atoms with Gasteiger partial charge in [0.1, 0.15) is 11.0 Å². The molecule has 0 bridgehead atoms. The molecule has 1 aromatic carbocycles. The van der Waals surface area contributed by atoms with E-state index in [1.807, 2.05) is 10.7 Å². The Morgan fingerprint density at radius 1 is 1.37 bits per heavy atom. The van der Waals surface area contributed by atoms with E-state index in [1.165, 1.54) is 0 Å². The third-order valence-corrected chi connectivity index (χ3v) is 4.46. The molecule has 0 spiro atoms. The first-order valence-corrected chi connectivity index (χ1v) is 6.67. The Morgan fingerprint density at radius 2 is 2.16 bits per heavy atom. The Balaban J connectivity index is 2.17. The van der Waals surface area contributed by atoms with Crippen molar-refractivity contribution in [1.82, 2.24) is 15.0 Å².